The van der Waals surface area contributed by atoms with Crippen LogP contribution in [0.25, 0.3) is 27.5 Å². The minimum Gasteiger partial charge on any atom is -0.308 e. The molecule has 4 rings (SSSR count). The van der Waals surface area contributed by atoms with Crippen LogP contribution in [0.15, 0.2) is 77.2 Å². The first-order valence-electron chi connectivity index (χ1n) is 8.26. The van der Waals surface area contributed by atoms with Gasteiger partial charge < -0.3 is 4.57 Å². The number of hydrogen-bond acceptors (Lipinski definition) is 0. The van der Waals surface area contributed by atoms with E-state index in [1.54, 1.807) is 0 Å². The van der Waals surface area contributed by atoms with Crippen molar-refractivity contribution in [2.75, 3.05) is 0 Å². The Morgan fingerprint density at radius 2 is 1.35 bits per heavy atom. The van der Waals surface area contributed by atoms with Crippen LogP contribution in [-0.4, -0.2) is 4.57 Å². The van der Waals surface area contributed by atoms with Gasteiger partial charge in [0.05, 0.1) is 22.2 Å². The zero-order valence-electron chi connectivity index (χ0n) is 14.4. The molecule has 0 radical (unpaired) electrons. The Morgan fingerprint density at radius 1 is 0.800 bits per heavy atom. The smallest absolute Gasteiger partial charge is 0.0645 e. The fraction of sp³-hybridized carbons (Fsp3) is 0. The van der Waals surface area contributed by atoms with E-state index in [4.69, 9.17) is 5.48 Å². The molecular formula is C18H12BrN. The number of hydrogen-bond donors (Lipinski definition) is 0. The third-order valence-electron chi connectivity index (χ3n) is 3.43. The molecule has 0 unspecified atom stereocenters. The second-order valence-electron chi connectivity index (χ2n) is 4.53. The summed E-state index contributed by atoms with van der Waals surface area (Å²) in [7, 11) is 0. The summed E-state index contributed by atoms with van der Waals surface area (Å²) < 4.78 is 34.6. The summed E-state index contributed by atoms with van der Waals surface area (Å²) in [5.41, 5.74) is 2.24. The van der Waals surface area contributed by atoms with Crippen LogP contribution in [0, 0.1) is 0 Å². The van der Waals surface area contributed by atoms with Gasteiger partial charge in [0, 0.05) is 15.2 Å². The average molecular weight is 326 g/mol. The number of benzene rings is 3. The van der Waals surface area contributed by atoms with Gasteiger partial charge in [-0.05, 0) is 40.1 Å². The molecule has 0 aliphatic heterocycles. The molecule has 0 N–H and O–H groups in total. The lowest BCUT2D eigenvalue weighted by Gasteiger charge is -2.09. The van der Waals surface area contributed by atoms with Gasteiger partial charge in [-0.3, -0.25) is 0 Å². The van der Waals surface area contributed by atoms with E-state index in [9.17, 15) is 0 Å². The molecule has 4 aromatic rings. The lowest BCUT2D eigenvalue weighted by Crippen LogP contribution is -1.94. The Morgan fingerprint density at radius 3 is 2.00 bits per heavy atom. The first kappa shape index (κ1) is 8.28. The molecule has 0 fully saturated rings. The summed E-state index contributed by atoms with van der Waals surface area (Å²) in [5, 5.41) is 2.10. The van der Waals surface area contributed by atoms with Crippen LogP contribution < -0.4 is 0 Å². The predicted molar refractivity (Wildman–Crippen MR) is 88.5 cm³/mol. The van der Waals surface area contributed by atoms with Gasteiger partial charge >= 0.3 is 0 Å². The number of para-hydroxylation sites is 3. The topological polar surface area (TPSA) is 4.93 Å². The molecule has 1 aromatic heterocycles. The van der Waals surface area contributed by atoms with Crippen LogP contribution in [0.2, 0.25) is 0 Å². The van der Waals surface area contributed by atoms with Gasteiger partial charge in [0.25, 0.3) is 0 Å². The van der Waals surface area contributed by atoms with Crippen LogP contribution >= 0.6 is 15.9 Å². The first-order valence-corrected chi connectivity index (χ1v) is 7.06. The molecule has 0 bridgehead atoms. The van der Waals surface area contributed by atoms with Crippen molar-refractivity contribution in [1.82, 2.24) is 4.57 Å². The number of nitrogens with zero attached hydrogens (tertiary/aromatic N) is 1. The summed E-state index contributed by atoms with van der Waals surface area (Å²) in [6.07, 6.45) is 0. The molecule has 0 aliphatic rings. The second kappa shape index (κ2) is 4.50. The molecule has 0 amide bonds. The normalized spacial score (nSPS) is 14.1. The maximum Gasteiger partial charge on any atom is 0.0645 e. The molecule has 3 aromatic carbocycles. The highest BCUT2D eigenvalue weighted by Crippen LogP contribution is 2.33. The van der Waals surface area contributed by atoms with Gasteiger partial charge in [-0.15, -0.1) is 0 Å². The molecule has 0 atom stereocenters. The number of fused-ring (bicyclic) bond motifs is 3. The summed E-state index contributed by atoms with van der Waals surface area (Å²) in [4.78, 5) is 0. The average Bonchev–Trinajstić information content (AvgIpc) is 2.94. The van der Waals surface area contributed by atoms with Gasteiger partial charge in [0.15, 0.2) is 0 Å². The van der Waals surface area contributed by atoms with Gasteiger partial charge in [-0.2, -0.15) is 0 Å². The summed E-state index contributed by atoms with van der Waals surface area (Å²) in [6, 6.07) is 15.1. The van der Waals surface area contributed by atoms with Crippen LogP contribution in [0.4, 0.5) is 0 Å². The van der Waals surface area contributed by atoms with Crippen molar-refractivity contribution in [3.63, 3.8) is 0 Å². The molecule has 0 aliphatic carbocycles. The Hall–Kier alpha value is -2.06. The molecule has 96 valence electrons. The van der Waals surface area contributed by atoms with E-state index in [0.29, 0.717) is 10.2 Å². The maximum absolute atomic E-state index is 8.36. The van der Waals surface area contributed by atoms with E-state index in [1.165, 1.54) is 0 Å². The summed E-state index contributed by atoms with van der Waals surface area (Å²) >= 11 is 3.38. The predicted octanol–water partition coefficient (Wildman–Crippen LogP) is 5.55. The van der Waals surface area contributed by atoms with Crippen molar-refractivity contribution in [3.8, 4) is 5.69 Å². The van der Waals surface area contributed by atoms with Gasteiger partial charge in [0.1, 0.15) is 0 Å². The van der Waals surface area contributed by atoms with E-state index in [2.05, 4.69) is 15.9 Å². The highest BCUT2D eigenvalue weighted by molar-refractivity contribution is 9.10. The van der Waals surface area contributed by atoms with Crippen molar-refractivity contribution >= 4 is 37.7 Å². The van der Waals surface area contributed by atoms with Crippen LogP contribution in [0.1, 0.15) is 5.48 Å². The third kappa shape index (κ3) is 1.61. The van der Waals surface area contributed by atoms with Crippen LogP contribution in [0.3, 0.4) is 0 Å². The standard InChI is InChI=1S/C18H12BrN/c19-15-9-3-6-12-18(15)20-16-10-4-1-7-13(16)14-8-2-5-11-17(14)20/h1-12H/i3D,6D,9D,12D. The summed E-state index contributed by atoms with van der Waals surface area (Å²) in [6.45, 7) is 0. The van der Waals surface area contributed by atoms with E-state index < -0.39 is 0 Å². The first-order chi connectivity index (χ1) is 11.5. The zero-order valence-corrected chi connectivity index (χ0v) is 12.0. The molecule has 0 spiro atoms. The van der Waals surface area contributed by atoms with E-state index in [1.807, 2.05) is 53.1 Å². The van der Waals surface area contributed by atoms with Gasteiger partial charge in [0.2, 0.25) is 0 Å². The molecule has 0 saturated carbocycles. The van der Waals surface area contributed by atoms with Gasteiger partial charge in [-0.25, -0.2) is 0 Å². The maximum atomic E-state index is 8.36. The van der Waals surface area contributed by atoms with Crippen LogP contribution in [-0.2, 0) is 0 Å². The molecule has 2 heteroatoms. The number of rotatable bonds is 1. The monoisotopic (exact) mass is 325 g/mol. The molecular weight excluding hydrogens is 310 g/mol. The molecule has 20 heavy (non-hydrogen) atoms. The lowest BCUT2D eigenvalue weighted by molar-refractivity contribution is 1.17. The SMILES string of the molecule is [2H]c1c([2H])c([2H])c(-n2c3ccccc3c3ccccc32)c(Br)c1[2H]. The fourth-order valence-electron chi connectivity index (χ4n) is 2.61. The number of halogens is 1. The summed E-state index contributed by atoms with van der Waals surface area (Å²) in [5.74, 6) is 0. The largest absolute Gasteiger partial charge is 0.308 e. The minimum absolute atomic E-state index is 0.0608. The van der Waals surface area contributed by atoms with Crippen molar-refractivity contribution in [2.24, 2.45) is 0 Å². The Bertz CT molecular complexity index is 1030. The van der Waals surface area contributed by atoms with E-state index in [0.717, 1.165) is 21.8 Å². The molecule has 1 nitrogen and oxygen atoms in total. The third-order valence-corrected chi connectivity index (χ3v) is 4.00. The van der Waals surface area contributed by atoms with Crippen molar-refractivity contribution in [2.45, 2.75) is 0 Å². The van der Waals surface area contributed by atoms with Crippen LogP contribution in [0.5, 0.6) is 0 Å². The quantitative estimate of drug-likeness (QED) is 0.432. The molecule has 1 heterocycles. The van der Waals surface area contributed by atoms with Crippen molar-refractivity contribution in [1.29, 1.82) is 0 Å². The van der Waals surface area contributed by atoms with E-state index >= 15 is 0 Å². The minimum atomic E-state index is -0.239. The zero-order chi connectivity index (χ0) is 17.0. The highest BCUT2D eigenvalue weighted by Gasteiger charge is 2.12. The lowest BCUT2D eigenvalue weighted by atomic mass is 10.2. The highest BCUT2D eigenvalue weighted by atomic mass is 79.9. The Kier molecular flexibility index (Phi) is 1.86. The Labute approximate surface area is 131 Å². The van der Waals surface area contributed by atoms with Crippen molar-refractivity contribution < 1.29 is 5.48 Å². The Balaban J connectivity index is 2.26. The van der Waals surface area contributed by atoms with E-state index in [-0.39, 0.29) is 24.2 Å². The second-order valence-corrected chi connectivity index (χ2v) is 5.33. The fourth-order valence-corrected chi connectivity index (χ4v) is 2.98. The van der Waals surface area contributed by atoms with Gasteiger partial charge in [-0.1, -0.05) is 48.5 Å². The number of aromatic nitrogens is 1. The molecule has 0 saturated heterocycles. The van der Waals surface area contributed by atoms with Crippen molar-refractivity contribution in [3.05, 3.63) is 77.2 Å².